The molecule has 0 aliphatic heterocycles. The van der Waals surface area contributed by atoms with Crippen LogP contribution in [0.15, 0.2) is 53.1 Å². The van der Waals surface area contributed by atoms with E-state index in [0.717, 1.165) is 0 Å². The standard InChI is InChI=1S/C18H14ClN3O3/c19-13-5-3-6-14(11-13)22-16(17-7-4-10-24-17)12-15(21-22)18(23)25-9-2-1-8-20/h3-7,10-12H,1-2,9H2. The number of carbonyl (C=O) groups is 1. The topological polar surface area (TPSA) is 81.0 Å². The molecule has 0 N–H and O–H groups in total. The van der Waals surface area contributed by atoms with E-state index < -0.39 is 5.97 Å². The van der Waals surface area contributed by atoms with Crippen LogP contribution in [0.5, 0.6) is 0 Å². The lowest BCUT2D eigenvalue weighted by atomic mass is 10.2. The zero-order valence-electron chi connectivity index (χ0n) is 13.2. The van der Waals surface area contributed by atoms with Crippen molar-refractivity contribution in [3.05, 3.63) is 59.4 Å². The van der Waals surface area contributed by atoms with Gasteiger partial charge in [-0.3, -0.25) is 0 Å². The Bertz CT molecular complexity index is 910. The van der Waals surface area contributed by atoms with Gasteiger partial charge >= 0.3 is 5.97 Å². The number of nitriles is 1. The number of nitrogens with zero attached hydrogens (tertiary/aromatic N) is 3. The normalized spacial score (nSPS) is 10.4. The summed E-state index contributed by atoms with van der Waals surface area (Å²) in [7, 11) is 0. The molecule has 1 aromatic carbocycles. The number of unbranched alkanes of at least 4 members (excludes halogenated alkanes) is 1. The van der Waals surface area contributed by atoms with Crippen molar-refractivity contribution in [1.29, 1.82) is 5.26 Å². The molecule has 0 atom stereocenters. The molecule has 0 fully saturated rings. The second-order valence-electron chi connectivity index (χ2n) is 5.18. The van der Waals surface area contributed by atoms with Crippen LogP contribution in [0.4, 0.5) is 0 Å². The van der Waals surface area contributed by atoms with E-state index in [9.17, 15) is 4.79 Å². The lowest BCUT2D eigenvalue weighted by Gasteiger charge is -2.05. The van der Waals surface area contributed by atoms with E-state index >= 15 is 0 Å². The fourth-order valence-electron chi connectivity index (χ4n) is 2.28. The fraction of sp³-hybridized carbons (Fsp3) is 0.167. The first-order valence-corrected chi connectivity index (χ1v) is 8.01. The minimum absolute atomic E-state index is 0.156. The predicted molar refractivity (Wildman–Crippen MR) is 91.4 cm³/mol. The number of furan rings is 1. The number of ether oxygens (including phenoxy) is 1. The highest BCUT2D eigenvalue weighted by Gasteiger charge is 2.19. The molecule has 0 spiro atoms. The minimum Gasteiger partial charge on any atom is -0.463 e. The smallest absolute Gasteiger partial charge is 0.358 e. The van der Waals surface area contributed by atoms with Gasteiger partial charge in [0.1, 0.15) is 5.69 Å². The quantitative estimate of drug-likeness (QED) is 0.487. The molecule has 0 saturated carbocycles. The van der Waals surface area contributed by atoms with Gasteiger partial charge < -0.3 is 9.15 Å². The van der Waals surface area contributed by atoms with Crippen LogP contribution in [0.25, 0.3) is 17.1 Å². The largest absolute Gasteiger partial charge is 0.463 e. The Morgan fingerprint density at radius 2 is 2.20 bits per heavy atom. The van der Waals surface area contributed by atoms with Gasteiger partial charge in [-0.25, -0.2) is 9.48 Å². The molecule has 6 nitrogen and oxygen atoms in total. The van der Waals surface area contributed by atoms with E-state index in [4.69, 9.17) is 26.0 Å². The molecule has 3 aromatic rings. The molecule has 0 saturated heterocycles. The van der Waals surface area contributed by atoms with Gasteiger partial charge in [0, 0.05) is 17.5 Å². The average Bonchev–Trinajstić information content (AvgIpc) is 3.27. The van der Waals surface area contributed by atoms with Crippen molar-refractivity contribution >= 4 is 17.6 Å². The maximum absolute atomic E-state index is 12.2. The first-order valence-electron chi connectivity index (χ1n) is 7.63. The molecule has 25 heavy (non-hydrogen) atoms. The van der Waals surface area contributed by atoms with Crippen LogP contribution in [0.1, 0.15) is 23.3 Å². The van der Waals surface area contributed by atoms with Gasteiger partial charge in [0.25, 0.3) is 0 Å². The molecule has 0 aliphatic rings. The monoisotopic (exact) mass is 355 g/mol. The first kappa shape index (κ1) is 16.8. The van der Waals surface area contributed by atoms with Crippen LogP contribution in [0.3, 0.4) is 0 Å². The Morgan fingerprint density at radius 1 is 1.32 bits per heavy atom. The number of hydrogen-bond donors (Lipinski definition) is 0. The maximum atomic E-state index is 12.2. The number of rotatable bonds is 6. The van der Waals surface area contributed by atoms with Crippen molar-refractivity contribution < 1.29 is 13.9 Å². The molecule has 2 heterocycles. The summed E-state index contributed by atoms with van der Waals surface area (Å²) in [6, 6.07) is 14.3. The van der Waals surface area contributed by atoms with Crippen molar-refractivity contribution in [2.45, 2.75) is 12.8 Å². The SMILES string of the molecule is N#CCCCOC(=O)c1cc(-c2ccco2)n(-c2cccc(Cl)c2)n1. The summed E-state index contributed by atoms with van der Waals surface area (Å²) in [5.74, 6) is 0.0162. The van der Waals surface area contributed by atoms with Crippen LogP contribution >= 0.6 is 11.6 Å². The number of esters is 1. The Hall–Kier alpha value is -3.04. The zero-order chi connectivity index (χ0) is 17.6. The molecule has 0 radical (unpaired) electrons. The van der Waals surface area contributed by atoms with Crippen LogP contribution in [-0.2, 0) is 4.74 Å². The number of aromatic nitrogens is 2. The van der Waals surface area contributed by atoms with Crippen molar-refractivity contribution in [2.24, 2.45) is 0 Å². The van der Waals surface area contributed by atoms with Gasteiger partial charge in [-0.2, -0.15) is 10.4 Å². The third-order valence-electron chi connectivity index (χ3n) is 3.41. The van der Waals surface area contributed by atoms with Gasteiger partial charge in [-0.05, 0) is 36.8 Å². The molecule has 0 unspecified atom stereocenters. The maximum Gasteiger partial charge on any atom is 0.358 e. The summed E-state index contributed by atoms with van der Waals surface area (Å²) < 4.78 is 12.2. The molecule has 0 aliphatic carbocycles. The van der Waals surface area contributed by atoms with Gasteiger partial charge in [0.15, 0.2) is 11.5 Å². The highest BCUT2D eigenvalue weighted by molar-refractivity contribution is 6.30. The summed E-state index contributed by atoms with van der Waals surface area (Å²) in [4.78, 5) is 12.2. The zero-order valence-corrected chi connectivity index (χ0v) is 13.9. The van der Waals surface area contributed by atoms with Crippen LogP contribution < -0.4 is 0 Å². The Balaban J connectivity index is 1.93. The average molecular weight is 356 g/mol. The van der Waals surface area contributed by atoms with Gasteiger partial charge in [0.05, 0.1) is 24.6 Å². The Morgan fingerprint density at radius 3 is 2.92 bits per heavy atom. The number of halogens is 1. The lowest BCUT2D eigenvalue weighted by Crippen LogP contribution is -2.08. The van der Waals surface area contributed by atoms with Crippen molar-refractivity contribution in [3.63, 3.8) is 0 Å². The van der Waals surface area contributed by atoms with Crippen molar-refractivity contribution in [3.8, 4) is 23.2 Å². The summed E-state index contributed by atoms with van der Waals surface area (Å²) in [5.41, 5.74) is 1.46. The van der Waals surface area contributed by atoms with E-state index in [1.54, 1.807) is 47.3 Å². The second kappa shape index (κ2) is 7.69. The highest BCUT2D eigenvalue weighted by Crippen LogP contribution is 2.26. The van der Waals surface area contributed by atoms with Crippen LogP contribution in [0, 0.1) is 11.3 Å². The molecule has 3 rings (SSSR count). The number of benzene rings is 1. The summed E-state index contributed by atoms with van der Waals surface area (Å²) in [5, 5.41) is 13.4. The van der Waals surface area contributed by atoms with Gasteiger partial charge in [0.2, 0.25) is 0 Å². The van der Waals surface area contributed by atoms with E-state index in [-0.39, 0.29) is 12.3 Å². The fourth-order valence-corrected chi connectivity index (χ4v) is 2.46. The van der Waals surface area contributed by atoms with E-state index in [1.165, 1.54) is 0 Å². The molecule has 7 heteroatoms. The van der Waals surface area contributed by atoms with E-state index in [1.807, 2.05) is 12.1 Å². The first-order chi connectivity index (χ1) is 12.2. The minimum atomic E-state index is -0.550. The summed E-state index contributed by atoms with van der Waals surface area (Å²) >= 11 is 6.06. The second-order valence-corrected chi connectivity index (χ2v) is 5.62. The predicted octanol–water partition coefficient (Wildman–Crippen LogP) is 4.25. The summed E-state index contributed by atoms with van der Waals surface area (Å²) in [6.45, 7) is 0.173. The van der Waals surface area contributed by atoms with Gasteiger partial charge in [-0.15, -0.1) is 0 Å². The third kappa shape index (κ3) is 3.90. The summed E-state index contributed by atoms with van der Waals surface area (Å²) in [6.07, 6.45) is 2.37. The molecule has 0 bridgehead atoms. The molecule has 0 amide bonds. The molecule has 126 valence electrons. The van der Waals surface area contributed by atoms with Crippen LogP contribution in [-0.4, -0.2) is 22.4 Å². The number of hydrogen-bond acceptors (Lipinski definition) is 5. The van der Waals surface area contributed by atoms with Gasteiger partial charge in [-0.1, -0.05) is 17.7 Å². The third-order valence-corrected chi connectivity index (χ3v) is 3.65. The Labute approximate surface area is 149 Å². The molecule has 2 aromatic heterocycles. The number of carbonyl (C=O) groups excluding carboxylic acids is 1. The van der Waals surface area contributed by atoms with E-state index in [2.05, 4.69) is 5.10 Å². The van der Waals surface area contributed by atoms with Crippen molar-refractivity contribution in [1.82, 2.24) is 9.78 Å². The lowest BCUT2D eigenvalue weighted by molar-refractivity contribution is 0.0494. The Kier molecular flexibility index (Phi) is 5.17. The van der Waals surface area contributed by atoms with Crippen LogP contribution in [0.2, 0.25) is 5.02 Å². The molecular weight excluding hydrogens is 342 g/mol. The highest BCUT2D eigenvalue weighted by atomic mass is 35.5. The van der Waals surface area contributed by atoms with E-state index in [0.29, 0.717) is 35.0 Å². The molecular formula is C18H14ClN3O3. The van der Waals surface area contributed by atoms with Crippen molar-refractivity contribution in [2.75, 3.05) is 6.61 Å².